The average molecular weight is 555 g/mol. The number of hydrogen-bond donors (Lipinski definition) is 1. The first-order valence-electron chi connectivity index (χ1n) is 12.5. The van der Waals surface area contributed by atoms with Gasteiger partial charge in [-0.25, -0.2) is 13.2 Å². The number of amides is 1. The molecule has 0 unspecified atom stereocenters. The van der Waals surface area contributed by atoms with Gasteiger partial charge in [0.05, 0.1) is 37.0 Å². The van der Waals surface area contributed by atoms with Crippen molar-refractivity contribution in [2.24, 2.45) is 0 Å². The summed E-state index contributed by atoms with van der Waals surface area (Å²) in [7, 11) is -1.31. The number of sulfonamides is 1. The number of ether oxygens (including phenoxy) is 3. The molecular weight excluding hydrogens is 520 g/mol. The minimum Gasteiger partial charge on any atom is -0.493 e. The van der Waals surface area contributed by atoms with Crippen LogP contribution in [0, 0.1) is 13.8 Å². The van der Waals surface area contributed by atoms with Crippen LogP contribution in [0.1, 0.15) is 41.3 Å². The molecule has 9 nitrogen and oxygen atoms in total. The van der Waals surface area contributed by atoms with E-state index in [4.69, 9.17) is 14.2 Å². The Morgan fingerprint density at radius 3 is 2.10 bits per heavy atom. The third-order valence-corrected chi connectivity index (χ3v) is 7.63. The second kappa shape index (κ2) is 13.1. The summed E-state index contributed by atoms with van der Waals surface area (Å²) >= 11 is 0. The highest BCUT2D eigenvalue weighted by molar-refractivity contribution is 7.92. The molecule has 208 valence electrons. The summed E-state index contributed by atoms with van der Waals surface area (Å²) in [6.07, 6.45) is 1.70. The van der Waals surface area contributed by atoms with Crippen molar-refractivity contribution in [3.05, 3.63) is 77.4 Å². The van der Waals surface area contributed by atoms with Crippen LogP contribution in [0.25, 0.3) is 0 Å². The number of nitrogens with one attached hydrogen (secondary N) is 1. The molecule has 0 aliphatic carbocycles. The molecule has 1 N–H and O–H groups in total. The second-order valence-electron chi connectivity index (χ2n) is 8.99. The van der Waals surface area contributed by atoms with Crippen LogP contribution in [-0.2, 0) is 19.6 Å². The zero-order valence-corrected chi connectivity index (χ0v) is 23.6. The van der Waals surface area contributed by atoms with Gasteiger partial charge in [0.2, 0.25) is 5.91 Å². The van der Waals surface area contributed by atoms with E-state index in [0.717, 1.165) is 28.3 Å². The summed E-state index contributed by atoms with van der Waals surface area (Å²) in [4.78, 5) is 25.2. The van der Waals surface area contributed by atoms with E-state index in [-0.39, 0.29) is 10.6 Å². The van der Waals surface area contributed by atoms with Gasteiger partial charge in [-0.3, -0.25) is 9.10 Å². The predicted molar refractivity (Wildman–Crippen MR) is 150 cm³/mol. The number of esters is 1. The molecule has 0 heterocycles. The molecule has 3 aromatic rings. The van der Waals surface area contributed by atoms with Crippen LogP contribution in [0.5, 0.6) is 11.5 Å². The number of hydrogen-bond acceptors (Lipinski definition) is 7. The maximum absolute atomic E-state index is 13.8. The lowest BCUT2D eigenvalue weighted by molar-refractivity contribution is -0.114. The zero-order chi connectivity index (χ0) is 28.6. The van der Waals surface area contributed by atoms with Crippen molar-refractivity contribution in [2.75, 3.05) is 37.0 Å². The zero-order valence-electron chi connectivity index (χ0n) is 22.8. The first-order valence-corrected chi connectivity index (χ1v) is 13.9. The maximum Gasteiger partial charge on any atom is 0.338 e. The number of carbonyl (C=O) groups is 2. The smallest absolute Gasteiger partial charge is 0.338 e. The van der Waals surface area contributed by atoms with Gasteiger partial charge in [0.25, 0.3) is 10.0 Å². The van der Waals surface area contributed by atoms with E-state index >= 15 is 0 Å². The third kappa shape index (κ3) is 7.51. The number of unbranched alkanes of at least 4 members (excludes halogenated alkanes) is 1. The van der Waals surface area contributed by atoms with Crippen molar-refractivity contribution in [1.29, 1.82) is 0 Å². The summed E-state index contributed by atoms with van der Waals surface area (Å²) in [6.45, 7) is 5.57. The molecule has 0 aromatic heterocycles. The second-order valence-corrected chi connectivity index (χ2v) is 10.9. The van der Waals surface area contributed by atoms with Gasteiger partial charge in [0, 0.05) is 11.8 Å². The molecule has 3 rings (SSSR count). The molecule has 0 radical (unpaired) electrons. The number of anilines is 2. The van der Waals surface area contributed by atoms with Gasteiger partial charge in [-0.15, -0.1) is 0 Å². The van der Waals surface area contributed by atoms with Crippen molar-refractivity contribution < 1.29 is 32.2 Å². The molecule has 0 atom stereocenters. The minimum atomic E-state index is -4.19. The number of aryl methyl sites for hydroxylation is 2. The highest BCUT2D eigenvalue weighted by Crippen LogP contribution is 2.32. The number of rotatable bonds is 12. The van der Waals surface area contributed by atoms with Crippen LogP contribution in [0.15, 0.2) is 65.6 Å². The molecule has 0 fully saturated rings. The Kier molecular flexibility index (Phi) is 9.95. The lowest BCUT2D eigenvalue weighted by Crippen LogP contribution is -2.38. The van der Waals surface area contributed by atoms with Crippen molar-refractivity contribution in [2.45, 2.75) is 38.5 Å². The van der Waals surface area contributed by atoms with Gasteiger partial charge >= 0.3 is 5.97 Å². The largest absolute Gasteiger partial charge is 0.493 e. The molecule has 1 amide bonds. The van der Waals surface area contributed by atoms with Crippen LogP contribution in [0.2, 0.25) is 0 Å². The lowest BCUT2D eigenvalue weighted by atomic mass is 10.1. The average Bonchev–Trinajstić information content (AvgIpc) is 2.91. The Labute approximate surface area is 229 Å². The first-order chi connectivity index (χ1) is 18.6. The van der Waals surface area contributed by atoms with E-state index < -0.39 is 28.4 Å². The third-order valence-electron chi connectivity index (χ3n) is 5.86. The van der Waals surface area contributed by atoms with E-state index in [1.165, 1.54) is 32.4 Å². The van der Waals surface area contributed by atoms with Gasteiger partial charge in [-0.05, 0) is 79.9 Å². The van der Waals surface area contributed by atoms with E-state index in [2.05, 4.69) is 5.32 Å². The van der Waals surface area contributed by atoms with Gasteiger partial charge in [-0.1, -0.05) is 19.4 Å². The fourth-order valence-electron chi connectivity index (χ4n) is 3.93. The molecule has 10 heteroatoms. The maximum atomic E-state index is 13.8. The molecule has 0 aliphatic heterocycles. The molecule has 3 aromatic carbocycles. The monoisotopic (exact) mass is 554 g/mol. The van der Waals surface area contributed by atoms with Crippen LogP contribution >= 0.6 is 0 Å². The van der Waals surface area contributed by atoms with E-state index in [0.29, 0.717) is 29.3 Å². The quantitative estimate of drug-likeness (QED) is 0.245. The highest BCUT2D eigenvalue weighted by atomic mass is 32.2. The summed E-state index contributed by atoms with van der Waals surface area (Å²) in [5.41, 5.74) is 2.81. The Balaban J connectivity index is 1.88. The number of methoxy groups -OCH3 is 2. The Bertz CT molecular complexity index is 1400. The first kappa shape index (κ1) is 29.5. The van der Waals surface area contributed by atoms with Crippen LogP contribution in [-0.4, -0.2) is 47.7 Å². The van der Waals surface area contributed by atoms with Gasteiger partial charge in [0.15, 0.2) is 11.5 Å². The molecular formula is C29H34N2O7S. The summed E-state index contributed by atoms with van der Waals surface area (Å²) in [6, 6.07) is 15.8. The molecule has 39 heavy (non-hydrogen) atoms. The summed E-state index contributed by atoms with van der Waals surface area (Å²) in [5.74, 6) is -0.374. The normalized spacial score (nSPS) is 11.0. The van der Waals surface area contributed by atoms with Crippen molar-refractivity contribution >= 4 is 33.3 Å². The summed E-state index contributed by atoms with van der Waals surface area (Å²) in [5, 5.41) is 2.71. The Morgan fingerprint density at radius 1 is 0.872 bits per heavy atom. The van der Waals surface area contributed by atoms with Gasteiger partial charge < -0.3 is 19.5 Å². The SMILES string of the molecule is CCCCOC(=O)c1ccc(NC(=O)CN(c2cc(C)cc(C)c2)S(=O)(=O)c2ccc(OC)c(OC)c2)cc1. The predicted octanol–water partition coefficient (Wildman–Crippen LogP) is 5.11. The fraction of sp³-hybridized carbons (Fsp3) is 0.310. The number of carbonyl (C=O) groups excluding carboxylic acids is 2. The molecule has 0 spiro atoms. The Morgan fingerprint density at radius 2 is 1.51 bits per heavy atom. The van der Waals surface area contributed by atoms with Crippen molar-refractivity contribution in [3.63, 3.8) is 0 Å². The molecule has 0 saturated carbocycles. The van der Waals surface area contributed by atoms with Gasteiger partial charge in [-0.2, -0.15) is 0 Å². The Hall–Kier alpha value is -4.05. The van der Waals surface area contributed by atoms with E-state index in [1.807, 2.05) is 26.8 Å². The molecule has 0 saturated heterocycles. The van der Waals surface area contributed by atoms with Gasteiger partial charge in [0.1, 0.15) is 6.54 Å². The number of benzene rings is 3. The number of nitrogens with zero attached hydrogens (tertiary/aromatic N) is 1. The van der Waals surface area contributed by atoms with E-state index in [1.54, 1.807) is 36.4 Å². The van der Waals surface area contributed by atoms with Crippen molar-refractivity contribution in [1.82, 2.24) is 0 Å². The van der Waals surface area contributed by atoms with Crippen LogP contribution in [0.3, 0.4) is 0 Å². The molecule has 0 aliphatic rings. The highest BCUT2D eigenvalue weighted by Gasteiger charge is 2.29. The fourth-order valence-corrected chi connectivity index (χ4v) is 5.35. The van der Waals surface area contributed by atoms with Crippen molar-refractivity contribution in [3.8, 4) is 11.5 Å². The van der Waals surface area contributed by atoms with Crippen LogP contribution in [0.4, 0.5) is 11.4 Å². The topological polar surface area (TPSA) is 111 Å². The summed E-state index contributed by atoms with van der Waals surface area (Å²) < 4.78 is 44.5. The lowest BCUT2D eigenvalue weighted by Gasteiger charge is -2.25. The molecule has 0 bridgehead atoms. The van der Waals surface area contributed by atoms with Crippen LogP contribution < -0.4 is 19.1 Å². The van der Waals surface area contributed by atoms with E-state index in [9.17, 15) is 18.0 Å². The standard InChI is InChI=1S/C29H34N2O7S/c1-6-7-14-38-29(33)22-8-10-23(11-9-22)30-28(32)19-31(24-16-20(2)15-21(3)17-24)39(34,35)25-12-13-26(36-4)27(18-25)37-5/h8-13,15-18H,6-7,14,19H2,1-5H3,(H,30,32). The minimum absolute atomic E-state index is 0.0574.